The molecule has 0 aliphatic carbocycles. The first-order chi connectivity index (χ1) is 13.2. The number of hydrogen-bond donors (Lipinski definition) is 1. The predicted octanol–water partition coefficient (Wildman–Crippen LogP) is 3.81. The van der Waals surface area contributed by atoms with Crippen LogP contribution in [0.25, 0.3) is 0 Å². The summed E-state index contributed by atoms with van der Waals surface area (Å²) in [6, 6.07) is 10.9. The van der Waals surface area contributed by atoms with Crippen LogP contribution in [0.5, 0.6) is 5.75 Å². The summed E-state index contributed by atoms with van der Waals surface area (Å²) in [6.07, 6.45) is 0. The summed E-state index contributed by atoms with van der Waals surface area (Å²) in [5.74, 6) is 0.0937. The van der Waals surface area contributed by atoms with Crippen LogP contribution >= 0.6 is 11.6 Å². The van der Waals surface area contributed by atoms with E-state index >= 15 is 0 Å². The highest BCUT2D eigenvalue weighted by Gasteiger charge is 2.25. The lowest BCUT2D eigenvalue weighted by Gasteiger charge is -2.28. The van der Waals surface area contributed by atoms with Crippen LogP contribution in [0.2, 0.25) is 5.02 Å². The third-order valence-corrected chi connectivity index (χ3v) is 5.26. The Hall–Kier alpha value is -2.53. The van der Waals surface area contributed by atoms with E-state index in [0.717, 1.165) is 22.3 Å². The van der Waals surface area contributed by atoms with E-state index in [1.807, 2.05) is 45.0 Å². The summed E-state index contributed by atoms with van der Waals surface area (Å²) in [7, 11) is 1.56. The SMILES string of the molecule is CNC(=O)[C@H](C)N(Cc1ccc(C)cc1)C(=O)COc1cc(C)c(Cl)c(C)c1. The van der Waals surface area contributed by atoms with Gasteiger partial charge in [0.15, 0.2) is 6.61 Å². The fourth-order valence-electron chi connectivity index (χ4n) is 2.90. The second-order valence-corrected chi connectivity index (χ2v) is 7.34. The summed E-state index contributed by atoms with van der Waals surface area (Å²) < 4.78 is 5.70. The predicted molar refractivity (Wildman–Crippen MR) is 112 cm³/mol. The zero-order valence-corrected chi connectivity index (χ0v) is 17.8. The van der Waals surface area contributed by atoms with Crippen LogP contribution in [0.3, 0.4) is 0 Å². The largest absolute Gasteiger partial charge is 0.484 e. The van der Waals surface area contributed by atoms with E-state index in [9.17, 15) is 9.59 Å². The number of nitrogens with one attached hydrogen (secondary N) is 1. The molecule has 0 aliphatic rings. The van der Waals surface area contributed by atoms with Gasteiger partial charge in [0, 0.05) is 18.6 Å². The monoisotopic (exact) mass is 402 g/mol. The van der Waals surface area contributed by atoms with Crippen molar-refractivity contribution in [1.29, 1.82) is 0 Å². The number of carbonyl (C=O) groups is 2. The smallest absolute Gasteiger partial charge is 0.261 e. The Morgan fingerprint density at radius 1 is 1.11 bits per heavy atom. The van der Waals surface area contributed by atoms with Gasteiger partial charge in [-0.05, 0) is 56.5 Å². The molecule has 0 fully saturated rings. The lowest BCUT2D eigenvalue weighted by molar-refractivity contribution is -0.142. The van der Waals surface area contributed by atoms with Crippen molar-refractivity contribution in [2.75, 3.05) is 13.7 Å². The number of rotatable bonds is 7. The van der Waals surface area contributed by atoms with Crippen molar-refractivity contribution in [3.63, 3.8) is 0 Å². The molecule has 0 unspecified atom stereocenters. The van der Waals surface area contributed by atoms with Crippen molar-refractivity contribution in [2.45, 2.75) is 40.3 Å². The lowest BCUT2D eigenvalue weighted by Crippen LogP contribution is -2.48. The van der Waals surface area contributed by atoms with Gasteiger partial charge in [-0.1, -0.05) is 41.4 Å². The van der Waals surface area contributed by atoms with Crippen LogP contribution in [0.1, 0.15) is 29.2 Å². The van der Waals surface area contributed by atoms with Crippen molar-refractivity contribution in [2.24, 2.45) is 0 Å². The quantitative estimate of drug-likeness (QED) is 0.766. The third kappa shape index (κ3) is 5.49. The van der Waals surface area contributed by atoms with E-state index in [1.165, 1.54) is 4.90 Å². The average Bonchev–Trinajstić information content (AvgIpc) is 2.68. The molecule has 2 rings (SSSR count). The summed E-state index contributed by atoms with van der Waals surface area (Å²) >= 11 is 6.18. The van der Waals surface area contributed by atoms with Crippen molar-refractivity contribution in [3.8, 4) is 5.75 Å². The Morgan fingerprint density at radius 2 is 1.68 bits per heavy atom. The van der Waals surface area contributed by atoms with Gasteiger partial charge in [-0.2, -0.15) is 0 Å². The van der Waals surface area contributed by atoms with Crippen molar-refractivity contribution in [3.05, 3.63) is 63.7 Å². The fourth-order valence-corrected chi connectivity index (χ4v) is 3.01. The van der Waals surface area contributed by atoms with Gasteiger partial charge in [0.2, 0.25) is 5.91 Å². The number of hydrogen-bond acceptors (Lipinski definition) is 3. The molecular weight excluding hydrogens is 376 g/mol. The highest BCUT2D eigenvalue weighted by molar-refractivity contribution is 6.32. The maximum absolute atomic E-state index is 12.9. The normalized spacial score (nSPS) is 11.6. The van der Waals surface area contributed by atoms with Gasteiger partial charge >= 0.3 is 0 Å². The molecule has 28 heavy (non-hydrogen) atoms. The number of ether oxygens (including phenoxy) is 1. The summed E-state index contributed by atoms with van der Waals surface area (Å²) in [5.41, 5.74) is 3.87. The second-order valence-electron chi connectivity index (χ2n) is 6.96. The minimum absolute atomic E-state index is 0.159. The molecule has 2 amide bonds. The van der Waals surface area contributed by atoms with Gasteiger partial charge < -0.3 is 15.0 Å². The molecule has 150 valence electrons. The standard InChI is InChI=1S/C22H27ClN2O3/c1-14-6-8-18(9-7-14)12-25(17(4)22(27)24-5)20(26)13-28-19-10-15(2)21(23)16(3)11-19/h6-11,17H,12-13H2,1-5H3,(H,24,27)/t17-/m0/s1. The molecule has 5 nitrogen and oxygen atoms in total. The number of benzene rings is 2. The maximum atomic E-state index is 12.9. The van der Waals surface area contributed by atoms with E-state index in [4.69, 9.17) is 16.3 Å². The lowest BCUT2D eigenvalue weighted by atomic mass is 10.1. The Balaban J connectivity index is 2.16. The molecule has 1 N–H and O–H groups in total. The van der Waals surface area contributed by atoms with Gasteiger partial charge in [0.1, 0.15) is 11.8 Å². The van der Waals surface area contributed by atoms with E-state index < -0.39 is 6.04 Å². The first-order valence-corrected chi connectivity index (χ1v) is 9.57. The fraction of sp³-hybridized carbons (Fsp3) is 0.364. The molecule has 2 aromatic rings. The second kappa shape index (κ2) is 9.60. The van der Waals surface area contributed by atoms with Crippen molar-refractivity contribution >= 4 is 23.4 Å². The highest BCUT2D eigenvalue weighted by atomic mass is 35.5. The molecule has 6 heteroatoms. The zero-order chi connectivity index (χ0) is 20.8. The van der Waals surface area contributed by atoms with Gasteiger partial charge in [0.25, 0.3) is 5.91 Å². The first-order valence-electron chi connectivity index (χ1n) is 9.19. The molecule has 0 saturated heterocycles. The van der Waals surface area contributed by atoms with Crippen molar-refractivity contribution in [1.82, 2.24) is 10.2 Å². The average molecular weight is 403 g/mol. The highest BCUT2D eigenvalue weighted by Crippen LogP contribution is 2.26. The Labute approximate surface area is 171 Å². The minimum atomic E-state index is -0.615. The van der Waals surface area contributed by atoms with Crippen LogP contribution in [0, 0.1) is 20.8 Å². The van der Waals surface area contributed by atoms with E-state index in [0.29, 0.717) is 17.3 Å². The number of halogens is 1. The summed E-state index contributed by atoms with van der Waals surface area (Å²) in [4.78, 5) is 26.6. The van der Waals surface area contributed by atoms with E-state index in [1.54, 1.807) is 26.1 Å². The number of amides is 2. The molecular formula is C22H27ClN2O3. The van der Waals surface area contributed by atoms with Crippen LogP contribution in [0.4, 0.5) is 0 Å². The Morgan fingerprint density at radius 3 is 2.21 bits per heavy atom. The zero-order valence-electron chi connectivity index (χ0n) is 17.0. The molecule has 0 bridgehead atoms. The van der Waals surface area contributed by atoms with Gasteiger partial charge in [-0.25, -0.2) is 0 Å². The molecule has 0 aliphatic heterocycles. The third-order valence-electron chi connectivity index (χ3n) is 4.66. The van der Waals surface area contributed by atoms with Crippen LogP contribution in [-0.2, 0) is 16.1 Å². The molecule has 0 saturated carbocycles. The van der Waals surface area contributed by atoms with Gasteiger partial charge in [0.05, 0.1) is 0 Å². The number of nitrogens with zero attached hydrogens (tertiary/aromatic N) is 1. The molecule has 0 spiro atoms. The molecule has 2 aromatic carbocycles. The maximum Gasteiger partial charge on any atom is 0.261 e. The molecule has 0 radical (unpaired) electrons. The first kappa shape index (κ1) is 21.8. The Kier molecular flexibility index (Phi) is 7.46. The number of likely N-dealkylation sites (N-methyl/N-ethyl adjacent to an activating group) is 1. The van der Waals surface area contributed by atoms with Crippen molar-refractivity contribution < 1.29 is 14.3 Å². The van der Waals surface area contributed by atoms with Gasteiger partial charge in [-0.15, -0.1) is 0 Å². The summed E-state index contributed by atoms with van der Waals surface area (Å²) in [6.45, 7) is 7.66. The Bertz CT molecular complexity index is 826. The van der Waals surface area contributed by atoms with E-state index in [-0.39, 0.29) is 18.4 Å². The van der Waals surface area contributed by atoms with Crippen LogP contribution in [0.15, 0.2) is 36.4 Å². The van der Waals surface area contributed by atoms with E-state index in [2.05, 4.69) is 5.32 Å². The summed E-state index contributed by atoms with van der Waals surface area (Å²) in [5, 5.41) is 3.29. The number of carbonyl (C=O) groups excluding carboxylic acids is 2. The van der Waals surface area contributed by atoms with Gasteiger partial charge in [-0.3, -0.25) is 9.59 Å². The molecule has 1 atom stereocenters. The topological polar surface area (TPSA) is 58.6 Å². The molecule has 0 heterocycles. The minimum Gasteiger partial charge on any atom is -0.484 e. The number of aryl methyl sites for hydroxylation is 3. The van der Waals surface area contributed by atoms with Crippen LogP contribution < -0.4 is 10.1 Å². The molecule has 0 aromatic heterocycles. The van der Waals surface area contributed by atoms with Crippen LogP contribution in [-0.4, -0.2) is 36.4 Å².